The number of likely N-dealkylation sites (tertiary alicyclic amines) is 1. The molecule has 19 heavy (non-hydrogen) atoms. The smallest absolute Gasteiger partial charge is 0.238 e. The third kappa shape index (κ3) is 3.82. The van der Waals surface area contributed by atoms with Gasteiger partial charge in [0.2, 0.25) is 10.0 Å². The molecule has 1 aliphatic rings. The van der Waals surface area contributed by atoms with E-state index in [4.69, 9.17) is 16.7 Å². The second-order valence-corrected chi connectivity index (χ2v) is 6.88. The van der Waals surface area contributed by atoms with Crippen molar-refractivity contribution in [1.82, 2.24) is 4.90 Å². The lowest BCUT2D eigenvalue weighted by atomic mass is 10.1. The zero-order valence-electron chi connectivity index (χ0n) is 10.8. The molecule has 1 heterocycles. The van der Waals surface area contributed by atoms with Crippen LogP contribution in [-0.2, 0) is 10.0 Å². The van der Waals surface area contributed by atoms with E-state index in [1.165, 1.54) is 12.1 Å². The van der Waals surface area contributed by atoms with Crippen LogP contribution in [0.2, 0.25) is 5.02 Å². The van der Waals surface area contributed by atoms with E-state index in [1.54, 1.807) is 6.07 Å². The van der Waals surface area contributed by atoms with Crippen molar-refractivity contribution in [2.24, 2.45) is 5.14 Å². The van der Waals surface area contributed by atoms with Crippen molar-refractivity contribution in [3.05, 3.63) is 23.2 Å². The van der Waals surface area contributed by atoms with Gasteiger partial charge in [-0.25, -0.2) is 13.6 Å². The molecule has 0 saturated carbocycles. The molecule has 7 heteroatoms. The number of hydrogen-bond acceptors (Lipinski definition) is 4. The van der Waals surface area contributed by atoms with Crippen LogP contribution in [0.25, 0.3) is 0 Å². The summed E-state index contributed by atoms with van der Waals surface area (Å²) in [6, 6.07) is 4.77. The van der Waals surface area contributed by atoms with Crippen LogP contribution in [0.4, 0.5) is 5.69 Å². The van der Waals surface area contributed by atoms with Crippen molar-refractivity contribution in [1.29, 1.82) is 0 Å². The topological polar surface area (TPSA) is 75.4 Å². The van der Waals surface area contributed by atoms with E-state index in [0.717, 1.165) is 25.9 Å². The van der Waals surface area contributed by atoms with Gasteiger partial charge in [-0.3, -0.25) is 0 Å². The highest BCUT2D eigenvalue weighted by molar-refractivity contribution is 7.89. The van der Waals surface area contributed by atoms with Gasteiger partial charge in [0.05, 0.1) is 15.6 Å². The minimum atomic E-state index is -3.70. The van der Waals surface area contributed by atoms with Crippen LogP contribution in [0.5, 0.6) is 0 Å². The van der Waals surface area contributed by atoms with Gasteiger partial charge >= 0.3 is 0 Å². The maximum atomic E-state index is 11.3. The molecule has 1 aliphatic heterocycles. The Kier molecular flexibility index (Phi) is 4.35. The average molecular weight is 304 g/mol. The summed E-state index contributed by atoms with van der Waals surface area (Å²) in [7, 11) is -1.61. The SMILES string of the molecule is CN1CCC(Nc2cc(S(N)(=O)=O)ccc2Cl)CC1. The number of benzene rings is 1. The summed E-state index contributed by atoms with van der Waals surface area (Å²) in [6.45, 7) is 2.04. The second-order valence-electron chi connectivity index (χ2n) is 4.91. The predicted octanol–water partition coefficient (Wildman–Crippen LogP) is 1.49. The third-order valence-electron chi connectivity index (χ3n) is 3.34. The molecule has 0 spiro atoms. The van der Waals surface area contributed by atoms with Crippen LogP contribution in [0, 0.1) is 0 Å². The van der Waals surface area contributed by atoms with E-state index in [9.17, 15) is 8.42 Å². The highest BCUT2D eigenvalue weighted by Gasteiger charge is 2.18. The standard InChI is InChI=1S/C12H18ClN3O2S/c1-16-6-4-9(5-7-16)15-12-8-10(19(14,17)18)2-3-11(12)13/h2-3,8-9,15H,4-7H2,1H3,(H2,14,17,18). The molecule has 0 aliphatic carbocycles. The number of hydrogen-bond donors (Lipinski definition) is 2. The van der Waals surface area contributed by atoms with Gasteiger partial charge in [-0.1, -0.05) is 11.6 Å². The summed E-state index contributed by atoms with van der Waals surface area (Å²) in [5.41, 5.74) is 0.628. The summed E-state index contributed by atoms with van der Waals surface area (Å²) in [5.74, 6) is 0. The molecule has 0 unspecified atom stereocenters. The summed E-state index contributed by atoms with van der Waals surface area (Å²) in [5, 5.41) is 8.93. The molecular weight excluding hydrogens is 286 g/mol. The molecule has 2 rings (SSSR count). The predicted molar refractivity (Wildman–Crippen MR) is 77.0 cm³/mol. The van der Waals surface area contributed by atoms with Crippen LogP contribution in [-0.4, -0.2) is 39.5 Å². The van der Waals surface area contributed by atoms with Crippen LogP contribution in [0.1, 0.15) is 12.8 Å². The Balaban J connectivity index is 2.16. The summed E-state index contributed by atoms with van der Waals surface area (Å²) < 4.78 is 22.7. The average Bonchev–Trinajstić information content (AvgIpc) is 2.33. The highest BCUT2D eigenvalue weighted by atomic mass is 35.5. The molecule has 3 N–H and O–H groups in total. The first kappa shape index (κ1) is 14.6. The van der Waals surface area contributed by atoms with Crippen molar-refractivity contribution in [3.8, 4) is 0 Å². The fourth-order valence-corrected chi connectivity index (χ4v) is 2.88. The zero-order chi connectivity index (χ0) is 14.0. The van der Waals surface area contributed by atoms with E-state index in [-0.39, 0.29) is 4.90 Å². The van der Waals surface area contributed by atoms with E-state index < -0.39 is 10.0 Å². The van der Waals surface area contributed by atoms with Gasteiger partial charge < -0.3 is 10.2 Å². The second kappa shape index (κ2) is 5.66. The van der Waals surface area contributed by atoms with Crippen LogP contribution in [0.3, 0.4) is 0 Å². The number of sulfonamides is 1. The quantitative estimate of drug-likeness (QED) is 0.887. The normalized spacial score (nSPS) is 18.5. The van der Waals surface area contributed by atoms with Crippen LogP contribution in [0.15, 0.2) is 23.1 Å². The molecule has 1 aromatic rings. The number of nitrogens with two attached hydrogens (primary N) is 1. The molecule has 5 nitrogen and oxygen atoms in total. The molecule has 1 aromatic carbocycles. The number of halogens is 1. The van der Waals surface area contributed by atoms with Gasteiger partial charge in [0.15, 0.2) is 0 Å². The van der Waals surface area contributed by atoms with Crippen LogP contribution < -0.4 is 10.5 Å². The molecule has 0 aromatic heterocycles. The first-order valence-corrected chi connectivity index (χ1v) is 8.06. The first-order valence-electron chi connectivity index (χ1n) is 6.14. The number of rotatable bonds is 3. The van der Waals surface area contributed by atoms with Crippen molar-refractivity contribution < 1.29 is 8.42 Å². The van der Waals surface area contributed by atoms with Crippen molar-refractivity contribution in [2.75, 3.05) is 25.5 Å². The van der Waals surface area contributed by atoms with Crippen molar-refractivity contribution >= 4 is 27.3 Å². The minimum Gasteiger partial charge on any atom is -0.381 e. The molecule has 0 atom stereocenters. The van der Waals surface area contributed by atoms with Gasteiger partial charge in [-0.05, 0) is 51.2 Å². The molecular formula is C12H18ClN3O2S. The molecule has 1 saturated heterocycles. The summed E-state index contributed by atoms with van der Waals surface area (Å²) in [4.78, 5) is 2.34. The molecule has 1 fully saturated rings. The Labute approximate surface area is 118 Å². The van der Waals surface area contributed by atoms with E-state index >= 15 is 0 Å². The number of anilines is 1. The number of nitrogens with zero attached hydrogens (tertiary/aromatic N) is 1. The molecule has 0 radical (unpaired) electrons. The van der Waals surface area contributed by atoms with E-state index in [0.29, 0.717) is 16.8 Å². The van der Waals surface area contributed by atoms with Gasteiger partial charge in [0.1, 0.15) is 0 Å². The van der Waals surface area contributed by atoms with Gasteiger partial charge in [-0.15, -0.1) is 0 Å². The minimum absolute atomic E-state index is 0.0762. The lowest BCUT2D eigenvalue weighted by Gasteiger charge is -2.30. The lowest BCUT2D eigenvalue weighted by molar-refractivity contribution is 0.264. The number of piperidine rings is 1. The third-order valence-corrected chi connectivity index (χ3v) is 4.59. The first-order chi connectivity index (χ1) is 8.86. The zero-order valence-corrected chi connectivity index (χ0v) is 12.3. The van der Waals surface area contributed by atoms with Gasteiger partial charge in [0, 0.05) is 6.04 Å². The molecule has 106 valence electrons. The van der Waals surface area contributed by atoms with Crippen molar-refractivity contribution in [3.63, 3.8) is 0 Å². The largest absolute Gasteiger partial charge is 0.381 e. The molecule has 0 amide bonds. The van der Waals surface area contributed by atoms with Crippen molar-refractivity contribution in [2.45, 2.75) is 23.8 Å². The molecule has 0 bridgehead atoms. The van der Waals surface area contributed by atoms with E-state index in [2.05, 4.69) is 17.3 Å². The Hall–Kier alpha value is -0.820. The monoisotopic (exact) mass is 303 g/mol. The Bertz CT molecular complexity index is 554. The van der Waals surface area contributed by atoms with Gasteiger partial charge in [-0.2, -0.15) is 0 Å². The highest BCUT2D eigenvalue weighted by Crippen LogP contribution is 2.27. The number of nitrogens with one attached hydrogen (secondary N) is 1. The maximum absolute atomic E-state index is 11.3. The Morgan fingerprint density at radius 1 is 1.37 bits per heavy atom. The fraction of sp³-hybridized carbons (Fsp3) is 0.500. The Morgan fingerprint density at radius 2 is 2.00 bits per heavy atom. The van der Waals surface area contributed by atoms with Crippen LogP contribution >= 0.6 is 11.6 Å². The lowest BCUT2D eigenvalue weighted by Crippen LogP contribution is -2.36. The fourth-order valence-electron chi connectivity index (χ4n) is 2.16. The van der Waals surface area contributed by atoms with Gasteiger partial charge in [0.25, 0.3) is 0 Å². The summed E-state index contributed by atoms with van der Waals surface area (Å²) >= 11 is 6.09. The maximum Gasteiger partial charge on any atom is 0.238 e. The summed E-state index contributed by atoms with van der Waals surface area (Å²) in [6.07, 6.45) is 2.01. The Morgan fingerprint density at radius 3 is 2.58 bits per heavy atom. The number of primary sulfonamides is 1. The van der Waals surface area contributed by atoms with E-state index in [1.807, 2.05) is 0 Å².